The molecule has 0 bridgehead atoms. The van der Waals surface area contributed by atoms with Gasteiger partial charge < -0.3 is 20.7 Å². The Hall–Kier alpha value is -2.05. The van der Waals surface area contributed by atoms with Gasteiger partial charge in [-0.3, -0.25) is 4.79 Å². The zero-order valence-electron chi connectivity index (χ0n) is 10.3. The van der Waals surface area contributed by atoms with Crippen LogP contribution in [0.1, 0.15) is 13.3 Å². The van der Waals surface area contributed by atoms with Crippen molar-refractivity contribution < 1.29 is 9.53 Å². The molecule has 1 aromatic heterocycles. The summed E-state index contributed by atoms with van der Waals surface area (Å²) in [7, 11) is 0. The van der Waals surface area contributed by atoms with Crippen molar-refractivity contribution in [3.8, 4) is 5.88 Å². The highest BCUT2D eigenvalue weighted by atomic mass is 16.5. The lowest BCUT2D eigenvalue weighted by atomic mass is 10.3. The third kappa shape index (κ3) is 2.61. The maximum absolute atomic E-state index is 11.3. The van der Waals surface area contributed by atoms with Crippen LogP contribution in [0.3, 0.4) is 0 Å². The first-order chi connectivity index (χ1) is 8.72. The number of carbonyl (C=O) groups excluding carboxylic acids is 1. The number of nitrogens with two attached hydrogens (primary N) is 1. The Balaban J connectivity index is 2.19. The van der Waals surface area contributed by atoms with E-state index in [0.717, 1.165) is 6.42 Å². The molecule has 1 fully saturated rings. The van der Waals surface area contributed by atoms with Crippen LogP contribution < -0.4 is 20.7 Å². The highest BCUT2D eigenvalue weighted by molar-refractivity contribution is 5.84. The van der Waals surface area contributed by atoms with Gasteiger partial charge in [0.2, 0.25) is 11.8 Å². The number of hydrogen-bond donors (Lipinski definition) is 2. The van der Waals surface area contributed by atoms with Crippen LogP contribution in [0, 0.1) is 0 Å². The Morgan fingerprint density at radius 2 is 2.39 bits per heavy atom. The molecule has 0 unspecified atom stereocenters. The van der Waals surface area contributed by atoms with Crippen LogP contribution in [0.15, 0.2) is 6.33 Å². The van der Waals surface area contributed by atoms with Gasteiger partial charge in [0.05, 0.1) is 13.2 Å². The van der Waals surface area contributed by atoms with Crippen LogP contribution in [-0.2, 0) is 4.79 Å². The topological polar surface area (TPSA) is 93.4 Å². The summed E-state index contributed by atoms with van der Waals surface area (Å²) in [6, 6.07) is 0. The summed E-state index contributed by atoms with van der Waals surface area (Å²) in [5, 5.41) is 2.75. The van der Waals surface area contributed by atoms with E-state index in [1.165, 1.54) is 6.33 Å². The van der Waals surface area contributed by atoms with Crippen molar-refractivity contribution in [1.82, 2.24) is 15.3 Å². The Labute approximate surface area is 105 Å². The van der Waals surface area contributed by atoms with Crippen LogP contribution in [0.4, 0.5) is 11.5 Å². The molecule has 7 nitrogen and oxygen atoms in total. The smallest absolute Gasteiger partial charge is 0.242 e. The van der Waals surface area contributed by atoms with Gasteiger partial charge in [0.25, 0.3) is 0 Å². The Morgan fingerprint density at radius 1 is 1.56 bits per heavy atom. The minimum atomic E-state index is -0.0321. The molecule has 18 heavy (non-hydrogen) atoms. The van der Waals surface area contributed by atoms with E-state index in [1.807, 2.05) is 11.8 Å². The van der Waals surface area contributed by atoms with Crippen molar-refractivity contribution in [3.63, 3.8) is 0 Å². The standard InChI is InChI=1S/C11H17N5O2/c1-2-5-18-11-9(12)10(14-7-15-11)16-4-3-13-8(17)6-16/h7H,2-6,12H2,1H3,(H,13,17). The Kier molecular flexibility index (Phi) is 3.81. The quantitative estimate of drug-likeness (QED) is 0.768. The van der Waals surface area contributed by atoms with Gasteiger partial charge in [-0.2, -0.15) is 4.98 Å². The summed E-state index contributed by atoms with van der Waals surface area (Å²) < 4.78 is 5.44. The third-order valence-electron chi connectivity index (χ3n) is 2.61. The van der Waals surface area contributed by atoms with Gasteiger partial charge in [0.1, 0.15) is 12.0 Å². The molecule has 0 aliphatic carbocycles. The van der Waals surface area contributed by atoms with Gasteiger partial charge in [0, 0.05) is 13.1 Å². The number of carbonyl (C=O) groups is 1. The number of ether oxygens (including phenoxy) is 1. The van der Waals surface area contributed by atoms with Crippen molar-refractivity contribution in [2.24, 2.45) is 0 Å². The summed E-state index contributed by atoms with van der Waals surface area (Å²) in [6.45, 7) is 4.09. The molecule has 1 aliphatic rings. The number of rotatable bonds is 4. The number of aromatic nitrogens is 2. The second-order valence-corrected chi connectivity index (χ2v) is 4.04. The molecule has 7 heteroatoms. The summed E-state index contributed by atoms with van der Waals surface area (Å²) in [6.07, 6.45) is 2.29. The van der Waals surface area contributed by atoms with E-state index >= 15 is 0 Å². The lowest BCUT2D eigenvalue weighted by Gasteiger charge is -2.28. The summed E-state index contributed by atoms with van der Waals surface area (Å²) >= 11 is 0. The SMILES string of the molecule is CCCOc1ncnc(N2CCNC(=O)C2)c1N. The van der Waals surface area contributed by atoms with Crippen LogP contribution in [0.5, 0.6) is 5.88 Å². The first-order valence-corrected chi connectivity index (χ1v) is 5.97. The molecule has 1 aromatic rings. The number of nitrogens with zero attached hydrogens (tertiary/aromatic N) is 3. The average molecular weight is 251 g/mol. The molecule has 2 heterocycles. The first-order valence-electron chi connectivity index (χ1n) is 5.97. The van der Waals surface area contributed by atoms with Crippen molar-refractivity contribution in [1.29, 1.82) is 0 Å². The predicted molar refractivity (Wildman–Crippen MR) is 67.5 cm³/mol. The van der Waals surface area contributed by atoms with E-state index in [4.69, 9.17) is 10.5 Å². The van der Waals surface area contributed by atoms with Crippen LogP contribution >= 0.6 is 0 Å². The summed E-state index contributed by atoms with van der Waals surface area (Å²) in [4.78, 5) is 21.3. The largest absolute Gasteiger partial charge is 0.476 e. The maximum atomic E-state index is 11.3. The van der Waals surface area contributed by atoms with E-state index < -0.39 is 0 Å². The minimum Gasteiger partial charge on any atom is -0.476 e. The molecule has 0 radical (unpaired) electrons. The van der Waals surface area contributed by atoms with E-state index in [-0.39, 0.29) is 12.5 Å². The molecule has 2 rings (SSSR count). The monoisotopic (exact) mass is 251 g/mol. The van der Waals surface area contributed by atoms with Gasteiger partial charge in [-0.1, -0.05) is 6.92 Å². The average Bonchev–Trinajstić information content (AvgIpc) is 2.37. The lowest BCUT2D eigenvalue weighted by Crippen LogP contribution is -2.48. The number of amides is 1. The molecule has 0 atom stereocenters. The highest BCUT2D eigenvalue weighted by Crippen LogP contribution is 2.27. The highest BCUT2D eigenvalue weighted by Gasteiger charge is 2.21. The van der Waals surface area contributed by atoms with Crippen molar-refractivity contribution >= 4 is 17.4 Å². The summed E-state index contributed by atoms with van der Waals surface area (Å²) in [5.41, 5.74) is 6.37. The van der Waals surface area contributed by atoms with Crippen molar-refractivity contribution in [3.05, 3.63) is 6.33 Å². The molecule has 1 saturated heterocycles. The third-order valence-corrected chi connectivity index (χ3v) is 2.61. The van der Waals surface area contributed by atoms with Crippen LogP contribution in [0.25, 0.3) is 0 Å². The molecule has 0 saturated carbocycles. The Bertz CT molecular complexity index is 437. The van der Waals surface area contributed by atoms with E-state index in [1.54, 1.807) is 0 Å². The van der Waals surface area contributed by atoms with Crippen molar-refractivity contribution in [2.45, 2.75) is 13.3 Å². The molecule has 0 spiro atoms. The number of nitrogen functional groups attached to an aromatic ring is 1. The van der Waals surface area contributed by atoms with Crippen LogP contribution in [-0.4, -0.2) is 42.1 Å². The normalized spacial score (nSPS) is 15.4. The number of hydrogen-bond acceptors (Lipinski definition) is 6. The zero-order chi connectivity index (χ0) is 13.0. The molecule has 3 N–H and O–H groups in total. The number of nitrogens with one attached hydrogen (secondary N) is 1. The fourth-order valence-electron chi connectivity index (χ4n) is 1.76. The maximum Gasteiger partial charge on any atom is 0.242 e. The molecular formula is C11H17N5O2. The molecule has 98 valence electrons. The predicted octanol–water partition coefficient (Wildman–Crippen LogP) is -0.216. The van der Waals surface area contributed by atoms with Gasteiger partial charge in [0.15, 0.2) is 5.82 Å². The minimum absolute atomic E-state index is 0.0321. The molecule has 1 amide bonds. The molecular weight excluding hydrogens is 234 g/mol. The van der Waals surface area contributed by atoms with Gasteiger partial charge in [-0.05, 0) is 6.42 Å². The second kappa shape index (κ2) is 5.52. The first kappa shape index (κ1) is 12.4. The second-order valence-electron chi connectivity index (χ2n) is 4.04. The van der Waals surface area contributed by atoms with Gasteiger partial charge in [-0.15, -0.1) is 0 Å². The van der Waals surface area contributed by atoms with E-state index in [9.17, 15) is 4.79 Å². The Morgan fingerprint density at radius 3 is 3.11 bits per heavy atom. The fourth-order valence-corrected chi connectivity index (χ4v) is 1.76. The molecule has 0 aromatic carbocycles. The van der Waals surface area contributed by atoms with Gasteiger partial charge >= 0.3 is 0 Å². The fraction of sp³-hybridized carbons (Fsp3) is 0.545. The molecule has 1 aliphatic heterocycles. The van der Waals surface area contributed by atoms with E-state index in [2.05, 4.69) is 15.3 Å². The van der Waals surface area contributed by atoms with Crippen molar-refractivity contribution in [2.75, 3.05) is 36.9 Å². The number of anilines is 2. The summed E-state index contributed by atoms with van der Waals surface area (Å²) in [5.74, 6) is 0.911. The van der Waals surface area contributed by atoms with E-state index in [0.29, 0.717) is 37.1 Å². The lowest BCUT2D eigenvalue weighted by molar-refractivity contribution is -0.120. The van der Waals surface area contributed by atoms with Gasteiger partial charge in [-0.25, -0.2) is 4.98 Å². The van der Waals surface area contributed by atoms with Crippen LogP contribution in [0.2, 0.25) is 0 Å². The number of piperazine rings is 1. The zero-order valence-corrected chi connectivity index (χ0v) is 10.3.